The number of amidine groups is 1. The van der Waals surface area contributed by atoms with Crippen molar-refractivity contribution in [2.75, 3.05) is 13.1 Å². The molecule has 1 aliphatic rings. The van der Waals surface area contributed by atoms with Crippen LogP contribution in [0, 0.1) is 0 Å². The second kappa shape index (κ2) is 8.11. The van der Waals surface area contributed by atoms with Gasteiger partial charge in [0.1, 0.15) is 11.9 Å². The fraction of sp³-hybridized carbons (Fsp3) is 0.438. The van der Waals surface area contributed by atoms with Crippen molar-refractivity contribution in [1.82, 2.24) is 15.4 Å². The number of amides is 2. The molecule has 1 aromatic rings. The summed E-state index contributed by atoms with van der Waals surface area (Å²) >= 11 is 0. The first-order valence-electron chi connectivity index (χ1n) is 8.09. The van der Waals surface area contributed by atoms with E-state index in [0.717, 1.165) is 6.42 Å². The summed E-state index contributed by atoms with van der Waals surface area (Å²) in [4.78, 5) is 27.9. The summed E-state index contributed by atoms with van der Waals surface area (Å²) in [5.74, 6) is -0.325. The number of hydrogen-bond donors (Lipinski definition) is 3. The van der Waals surface area contributed by atoms with Crippen molar-refractivity contribution in [3.8, 4) is 0 Å². The first kappa shape index (κ1) is 18.9. The summed E-state index contributed by atoms with van der Waals surface area (Å²) in [5.41, 5.74) is 0.496. The highest BCUT2D eigenvalue weighted by Gasteiger charge is 2.29. The Labute approximate surface area is 147 Å². The molecule has 0 radical (unpaired) electrons. The minimum absolute atomic E-state index is 0.0544. The third-order valence-electron chi connectivity index (χ3n) is 3.59. The Morgan fingerprint density at radius 1 is 1.28 bits per heavy atom. The quantitative estimate of drug-likeness (QED) is 0.636. The molecule has 136 valence electrons. The summed E-state index contributed by atoms with van der Waals surface area (Å²) in [6.45, 7) is 4.22. The van der Waals surface area contributed by atoms with Crippen LogP contribution in [0.1, 0.15) is 32.3 Å². The van der Waals surface area contributed by atoms with E-state index >= 15 is 0 Å². The van der Waals surface area contributed by atoms with Gasteiger partial charge in [-0.25, -0.2) is 8.42 Å². The zero-order chi connectivity index (χ0) is 18.4. The van der Waals surface area contributed by atoms with E-state index in [1.165, 1.54) is 6.07 Å². The minimum atomic E-state index is -3.58. The number of carbonyl (C=O) groups excluding carboxylic acids is 2. The fourth-order valence-corrected chi connectivity index (χ4v) is 3.55. The Morgan fingerprint density at radius 3 is 2.72 bits per heavy atom. The Balaban J connectivity index is 1.89. The lowest BCUT2D eigenvalue weighted by Gasteiger charge is -2.13. The van der Waals surface area contributed by atoms with Crippen LogP contribution in [0.25, 0.3) is 0 Å². The number of nitrogens with zero attached hydrogens (tertiary/aromatic N) is 1. The molecule has 0 unspecified atom stereocenters. The maximum atomic E-state index is 12.0. The highest BCUT2D eigenvalue weighted by molar-refractivity contribution is 7.90. The van der Waals surface area contributed by atoms with E-state index in [0.29, 0.717) is 12.1 Å². The standard InChI is InChI=1S/C16H22N4O4S/c1-3-9-18-16(22)11(2)19-14(21)8-10-17-15-12-6-4-5-7-13(12)25(23,24)20-15/h4-7,11H,3,8-10H2,1-2H3,(H,17,20)(H,18,22)(H,19,21)/t11-/m1/s1. The topological polar surface area (TPSA) is 117 Å². The van der Waals surface area contributed by atoms with Gasteiger partial charge in [-0.3, -0.25) is 19.3 Å². The average molecular weight is 366 g/mol. The zero-order valence-electron chi connectivity index (χ0n) is 14.2. The number of hydrogen-bond acceptors (Lipinski definition) is 5. The Kier molecular flexibility index (Phi) is 6.13. The van der Waals surface area contributed by atoms with Gasteiger partial charge in [0.2, 0.25) is 11.8 Å². The first-order valence-corrected chi connectivity index (χ1v) is 9.57. The van der Waals surface area contributed by atoms with Crippen LogP contribution in [0.5, 0.6) is 0 Å². The van der Waals surface area contributed by atoms with Crippen molar-refractivity contribution >= 4 is 27.7 Å². The Hall–Kier alpha value is -2.42. The van der Waals surface area contributed by atoms with Gasteiger partial charge in [0.05, 0.1) is 11.4 Å². The summed E-state index contributed by atoms with van der Waals surface area (Å²) in [6.07, 6.45) is 0.875. The van der Waals surface area contributed by atoms with E-state index in [4.69, 9.17) is 0 Å². The molecule has 2 rings (SSSR count). The molecule has 2 amide bonds. The lowest BCUT2D eigenvalue weighted by Crippen LogP contribution is -2.45. The molecule has 0 spiro atoms. The molecule has 0 saturated heterocycles. The predicted octanol–water partition coefficient (Wildman–Crippen LogP) is 0.146. The van der Waals surface area contributed by atoms with E-state index in [9.17, 15) is 18.0 Å². The maximum Gasteiger partial charge on any atom is 0.263 e. The molecule has 9 heteroatoms. The largest absolute Gasteiger partial charge is 0.354 e. The van der Waals surface area contributed by atoms with Gasteiger partial charge in [0.15, 0.2) is 0 Å². The molecular formula is C16H22N4O4S. The molecule has 0 bridgehead atoms. The molecule has 1 aliphatic heterocycles. The van der Waals surface area contributed by atoms with Gasteiger partial charge >= 0.3 is 0 Å². The van der Waals surface area contributed by atoms with E-state index in [1.54, 1.807) is 25.1 Å². The van der Waals surface area contributed by atoms with Gasteiger partial charge in [-0.05, 0) is 25.5 Å². The number of carbonyl (C=O) groups is 2. The Bertz CT molecular complexity index is 789. The van der Waals surface area contributed by atoms with Gasteiger partial charge in [0, 0.05) is 18.5 Å². The normalized spacial score (nSPS) is 17.4. The van der Waals surface area contributed by atoms with Crippen molar-refractivity contribution in [2.45, 2.75) is 37.6 Å². The first-order chi connectivity index (χ1) is 11.8. The lowest BCUT2D eigenvalue weighted by atomic mass is 10.2. The average Bonchev–Trinajstić information content (AvgIpc) is 2.83. The number of fused-ring (bicyclic) bond motifs is 1. The molecule has 3 N–H and O–H groups in total. The van der Waals surface area contributed by atoms with E-state index in [1.807, 2.05) is 6.92 Å². The zero-order valence-corrected chi connectivity index (χ0v) is 15.0. The maximum absolute atomic E-state index is 12.0. The lowest BCUT2D eigenvalue weighted by molar-refractivity contribution is -0.128. The number of sulfonamides is 1. The number of rotatable bonds is 7. The van der Waals surface area contributed by atoms with Crippen molar-refractivity contribution in [1.29, 1.82) is 0 Å². The van der Waals surface area contributed by atoms with Gasteiger partial charge in [-0.15, -0.1) is 0 Å². The molecular weight excluding hydrogens is 344 g/mol. The molecule has 1 heterocycles. The molecule has 8 nitrogen and oxygen atoms in total. The molecule has 0 aliphatic carbocycles. The summed E-state index contributed by atoms with van der Waals surface area (Å²) < 4.78 is 26.3. The van der Waals surface area contributed by atoms with Crippen LogP contribution in [0.2, 0.25) is 0 Å². The number of aliphatic imine (C=N–C) groups is 1. The molecule has 0 fully saturated rings. The predicted molar refractivity (Wildman–Crippen MR) is 93.7 cm³/mol. The van der Waals surface area contributed by atoms with Crippen molar-refractivity contribution in [2.24, 2.45) is 4.99 Å². The van der Waals surface area contributed by atoms with Crippen LogP contribution < -0.4 is 15.4 Å². The van der Waals surface area contributed by atoms with Gasteiger partial charge in [-0.1, -0.05) is 19.1 Å². The van der Waals surface area contributed by atoms with Gasteiger partial charge in [0.25, 0.3) is 10.0 Å². The van der Waals surface area contributed by atoms with Crippen LogP contribution >= 0.6 is 0 Å². The molecule has 1 aromatic carbocycles. The molecule has 25 heavy (non-hydrogen) atoms. The SMILES string of the molecule is CCCNC(=O)[C@@H](C)NC(=O)CCN=C1NS(=O)(=O)c2ccccc21. The van der Waals surface area contributed by atoms with Crippen LogP contribution in [0.4, 0.5) is 0 Å². The third-order valence-corrected chi connectivity index (χ3v) is 4.99. The number of nitrogens with one attached hydrogen (secondary N) is 3. The third kappa shape index (κ3) is 4.79. The highest BCUT2D eigenvalue weighted by atomic mass is 32.2. The second-order valence-corrected chi connectivity index (χ2v) is 7.31. The van der Waals surface area contributed by atoms with Crippen LogP contribution in [-0.2, 0) is 19.6 Å². The summed E-state index contributed by atoms with van der Waals surface area (Å²) in [5, 5.41) is 5.29. The highest BCUT2D eigenvalue weighted by Crippen LogP contribution is 2.22. The molecule has 1 atom stereocenters. The fourth-order valence-electron chi connectivity index (χ4n) is 2.30. The minimum Gasteiger partial charge on any atom is -0.354 e. The summed E-state index contributed by atoms with van der Waals surface area (Å²) in [7, 11) is -3.58. The van der Waals surface area contributed by atoms with E-state index in [2.05, 4.69) is 20.3 Å². The number of benzene rings is 1. The van der Waals surface area contributed by atoms with Crippen LogP contribution in [0.3, 0.4) is 0 Å². The molecule has 0 aromatic heterocycles. The van der Waals surface area contributed by atoms with Crippen molar-refractivity contribution < 1.29 is 18.0 Å². The smallest absolute Gasteiger partial charge is 0.263 e. The van der Waals surface area contributed by atoms with E-state index < -0.39 is 16.1 Å². The van der Waals surface area contributed by atoms with Crippen LogP contribution in [-0.4, -0.2) is 45.2 Å². The van der Waals surface area contributed by atoms with Gasteiger partial charge < -0.3 is 10.6 Å². The Morgan fingerprint density at radius 2 is 2.00 bits per heavy atom. The second-order valence-electron chi connectivity index (χ2n) is 5.66. The summed E-state index contributed by atoms with van der Waals surface area (Å²) in [6, 6.07) is 5.90. The van der Waals surface area contributed by atoms with Crippen LogP contribution in [0.15, 0.2) is 34.2 Å². The van der Waals surface area contributed by atoms with Crippen molar-refractivity contribution in [3.63, 3.8) is 0 Å². The molecule has 0 saturated carbocycles. The van der Waals surface area contributed by atoms with E-state index in [-0.39, 0.29) is 35.5 Å². The monoisotopic (exact) mass is 366 g/mol. The van der Waals surface area contributed by atoms with Gasteiger partial charge in [-0.2, -0.15) is 0 Å². The van der Waals surface area contributed by atoms with Crippen molar-refractivity contribution in [3.05, 3.63) is 29.8 Å².